The molecule has 0 heterocycles. The maximum Gasteiger partial charge on any atom is 0.415 e. The van der Waals surface area contributed by atoms with E-state index < -0.39 is 11.1 Å². The highest BCUT2D eigenvalue weighted by Crippen LogP contribution is 2.50. The Morgan fingerprint density at radius 2 is 1.15 bits per heavy atom. The highest BCUT2D eigenvalue weighted by atomic mass is 35.5. The molecule has 0 aliphatic heterocycles. The molecule has 0 saturated heterocycles. The van der Waals surface area contributed by atoms with Gasteiger partial charge in [0.2, 0.25) is 0 Å². The molecule has 0 amide bonds. The molecular weight excluding hydrogens is 361 g/mol. The predicted octanol–water partition coefficient (Wildman–Crippen LogP) is 6.83. The average Bonchev–Trinajstić information content (AvgIpc) is 2.62. The van der Waals surface area contributed by atoms with Crippen molar-refractivity contribution >= 4 is 11.6 Å². The second kappa shape index (κ2) is 7.04. The minimum Gasteiger partial charge on any atom is -0.457 e. The van der Waals surface area contributed by atoms with E-state index in [0.717, 1.165) is 5.56 Å². The first-order chi connectivity index (χ1) is 12.3. The van der Waals surface area contributed by atoms with Crippen LogP contribution in [0, 0.1) is 6.92 Å². The molecule has 0 spiro atoms. The zero-order valence-electron chi connectivity index (χ0n) is 13.9. The lowest BCUT2D eigenvalue weighted by Gasteiger charge is -2.31. The molecule has 0 N–H and O–H groups in total. The molecule has 0 aliphatic carbocycles. The minimum atomic E-state index is -4.66. The molecule has 3 rings (SSSR count). The second-order valence-corrected chi connectivity index (χ2v) is 6.53. The predicted molar refractivity (Wildman–Crippen MR) is 96.8 cm³/mol. The van der Waals surface area contributed by atoms with Gasteiger partial charge in [0.25, 0.3) is 0 Å². The van der Waals surface area contributed by atoms with Gasteiger partial charge in [-0.2, -0.15) is 13.2 Å². The molecule has 0 bridgehead atoms. The van der Waals surface area contributed by atoms with Crippen LogP contribution in [0.4, 0.5) is 13.2 Å². The number of ether oxygens (including phenoxy) is 1. The molecule has 1 nitrogen and oxygen atoms in total. The first-order valence-corrected chi connectivity index (χ1v) is 8.35. The van der Waals surface area contributed by atoms with Crippen LogP contribution in [0.3, 0.4) is 0 Å². The van der Waals surface area contributed by atoms with E-state index in [9.17, 15) is 13.2 Å². The molecule has 0 aliphatic rings. The highest BCUT2D eigenvalue weighted by molar-refractivity contribution is 6.26. The number of aryl methyl sites for hydroxylation is 1. The van der Waals surface area contributed by atoms with Crippen LogP contribution in [-0.2, 0) is 4.87 Å². The van der Waals surface area contributed by atoms with Crippen molar-refractivity contribution in [3.63, 3.8) is 0 Å². The minimum absolute atomic E-state index is 0.0194. The van der Waals surface area contributed by atoms with Crippen molar-refractivity contribution in [3.8, 4) is 11.5 Å². The number of hydrogen-bond donors (Lipinski definition) is 0. The van der Waals surface area contributed by atoms with Gasteiger partial charge in [0.15, 0.2) is 4.87 Å². The zero-order valence-corrected chi connectivity index (χ0v) is 14.7. The van der Waals surface area contributed by atoms with Crippen LogP contribution in [-0.4, -0.2) is 6.18 Å². The van der Waals surface area contributed by atoms with E-state index in [4.69, 9.17) is 16.3 Å². The summed E-state index contributed by atoms with van der Waals surface area (Å²) < 4.78 is 47.2. The zero-order chi connectivity index (χ0) is 18.8. The summed E-state index contributed by atoms with van der Waals surface area (Å²) in [5, 5.41) is 0. The Morgan fingerprint density at radius 1 is 0.692 bits per heavy atom. The summed E-state index contributed by atoms with van der Waals surface area (Å²) in [5.74, 6) is 1.04. The molecule has 134 valence electrons. The average molecular weight is 377 g/mol. The lowest BCUT2D eigenvalue weighted by atomic mass is 9.89. The van der Waals surface area contributed by atoms with Gasteiger partial charge in [0.05, 0.1) is 0 Å². The van der Waals surface area contributed by atoms with Gasteiger partial charge < -0.3 is 4.74 Å². The lowest BCUT2D eigenvalue weighted by Crippen LogP contribution is -2.38. The third-order valence-corrected chi connectivity index (χ3v) is 4.72. The Balaban J connectivity index is 1.96. The molecule has 0 aromatic heterocycles. The SMILES string of the molecule is Cc1ccc(C(Cl)(c2ccc(Oc3ccccc3)cc2)C(F)(F)F)cc1. The highest BCUT2D eigenvalue weighted by Gasteiger charge is 2.56. The smallest absolute Gasteiger partial charge is 0.415 e. The second-order valence-electron chi connectivity index (χ2n) is 5.96. The van der Waals surface area contributed by atoms with E-state index in [1.54, 1.807) is 24.3 Å². The largest absolute Gasteiger partial charge is 0.457 e. The Bertz CT molecular complexity index is 859. The lowest BCUT2D eigenvalue weighted by molar-refractivity contribution is -0.154. The van der Waals surface area contributed by atoms with Gasteiger partial charge in [-0.15, -0.1) is 0 Å². The van der Waals surface area contributed by atoms with Gasteiger partial charge >= 0.3 is 6.18 Å². The Labute approximate surface area is 155 Å². The van der Waals surface area contributed by atoms with Gasteiger partial charge in [-0.3, -0.25) is 0 Å². The van der Waals surface area contributed by atoms with E-state index in [1.165, 1.54) is 36.4 Å². The number of para-hydroxylation sites is 1. The van der Waals surface area contributed by atoms with Crippen molar-refractivity contribution in [1.29, 1.82) is 0 Å². The van der Waals surface area contributed by atoms with Crippen LogP contribution in [0.15, 0.2) is 78.9 Å². The standard InChI is InChI=1S/C21H16ClF3O/c1-15-7-9-16(10-8-15)20(22,21(23,24)25)17-11-13-19(14-12-17)26-18-5-3-2-4-6-18/h2-14H,1H3. The molecule has 1 unspecified atom stereocenters. The summed E-state index contributed by atoms with van der Waals surface area (Å²) >= 11 is 6.17. The number of rotatable bonds is 4. The number of alkyl halides is 4. The maximum atomic E-state index is 13.9. The van der Waals surface area contributed by atoms with Gasteiger partial charge in [0, 0.05) is 0 Å². The van der Waals surface area contributed by atoms with Crippen molar-refractivity contribution in [2.45, 2.75) is 18.0 Å². The molecule has 26 heavy (non-hydrogen) atoms. The molecule has 0 saturated carbocycles. The number of benzene rings is 3. The third-order valence-electron chi connectivity index (χ3n) is 4.07. The fraction of sp³-hybridized carbons (Fsp3) is 0.143. The third kappa shape index (κ3) is 3.56. The van der Waals surface area contributed by atoms with Crippen LogP contribution in [0.25, 0.3) is 0 Å². The van der Waals surface area contributed by atoms with E-state index in [1.807, 2.05) is 25.1 Å². The summed E-state index contributed by atoms with van der Waals surface area (Å²) in [7, 11) is 0. The molecule has 0 radical (unpaired) electrons. The van der Waals surface area contributed by atoms with Crippen LogP contribution < -0.4 is 4.74 Å². The topological polar surface area (TPSA) is 9.23 Å². The normalized spacial score (nSPS) is 13.9. The molecule has 5 heteroatoms. The molecule has 3 aromatic rings. The Morgan fingerprint density at radius 3 is 1.65 bits per heavy atom. The van der Waals surface area contributed by atoms with Crippen molar-refractivity contribution in [1.82, 2.24) is 0 Å². The van der Waals surface area contributed by atoms with Gasteiger partial charge in [-0.25, -0.2) is 0 Å². The van der Waals surface area contributed by atoms with Crippen LogP contribution in [0.2, 0.25) is 0 Å². The van der Waals surface area contributed by atoms with E-state index >= 15 is 0 Å². The molecule has 3 aromatic carbocycles. The Kier molecular flexibility index (Phi) is 4.97. The number of hydrogen-bond acceptors (Lipinski definition) is 1. The van der Waals surface area contributed by atoms with Gasteiger partial charge in [-0.05, 0) is 42.3 Å². The van der Waals surface area contributed by atoms with Gasteiger partial charge in [-0.1, -0.05) is 71.8 Å². The summed E-state index contributed by atoms with van der Waals surface area (Å²) in [6, 6.07) is 20.7. The monoisotopic (exact) mass is 376 g/mol. The van der Waals surface area contributed by atoms with E-state index in [-0.39, 0.29) is 11.1 Å². The van der Waals surface area contributed by atoms with Crippen LogP contribution in [0.5, 0.6) is 11.5 Å². The maximum absolute atomic E-state index is 13.9. The fourth-order valence-corrected chi connectivity index (χ4v) is 2.91. The summed E-state index contributed by atoms with van der Waals surface area (Å²) in [6.07, 6.45) is -4.66. The first-order valence-electron chi connectivity index (χ1n) is 7.97. The van der Waals surface area contributed by atoms with Crippen molar-refractivity contribution in [2.75, 3.05) is 0 Å². The summed E-state index contributed by atoms with van der Waals surface area (Å²) in [4.78, 5) is -2.62. The molecule has 0 fully saturated rings. The van der Waals surface area contributed by atoms with Crippen LogP contribution in [0.1, 0.15) is 16.7 Å². The quantitative estimate of drug-likeness (QED) is 0.453. The van der Waals surface area contributed by atoms with Crippen molar-refractivity contribution < 1.29 is 17.9 Å². The van der Waals surface area contributed by atoms with Crippen molar-refractivity contribution in [3.05, 3.63) is 95.6 Å². The number of halogens is 4. The molecule has 1 atom stereocenters. The van der Waals surface area contributed by atoms with E-state index in [0.29, 0.717) is 11.5 Å². The summed E-state index contributed by atoms with van der Waals surface area (Å²) in [6.45, 7) is 1.81. The Hall–Kier alpha value is -2.46. The first kappa shape index (κ1) is 18.3. The van der Waals surface area contributed by atoms with E-state index in [2.05, 4.69) is 0 Å². The summed E-state index contributed by atoms with van der Waals surface area (Å²) in [5.41, 5.74) is 0.784. The van der Waals surface area contributed by atoms with Crippen molar-refractivity contribution in [2.24, 2.45) is 0 Å². The fourth-order valence-electron chi connectivity index (χ4n) is 2.65. The molecular formula is C21H16ClF3O. The van der Waals surface area contributed by atoms with Crippen LogP contribution >= 0.6 is 11.6 Å². The van der Waals surface area contributed by atoms with Gasteiger partial charge in [0.1, 0.15) is 11.5 Å².